The number of likely N-dealkylation sites (N-methyl/N-ethyl adjacent to an activating group) is 1. The first kappa shape index (κ1) is 24.6. The van der Waals surface area contributed by atoms with Gasteiger partial charge in [0.05, 0.1) is 38.1 Å². The van der Waals surface area contributed by atoms with Gasteiger partial charge in [-0.05, 0) is 56.3 Å². The van der Waals surface area contributed by atoms with E-state index in [9.17, 15) is 14.4 Å². The molecule has 1 aliphatic heterocycles. The minimum atomic E-state index is -0.855. The molecule has 1 N–H and O–H groups in total. The number of ether oxygens (including phenoxy) is 4. The summed E-state index contributed by atoms with van der Waals surface area (Å²) in [6, 6.07) is 10.5. The van der Waals surface area contributed by atoms with Crippen LogP contribution < -0.4 is 19.5 Å². The molecular weight excluding hydrogens is 440 g/mol. The number of hydrogen-bond donors (Lipinski definition) is 1. The van der Waals surface area contributed by atoms with E-state index in [1.165, 1.54) is 26.0 Å². The van der Waals surface area contributed by atoms with Gasteiger partial charge >= 0.3 is 12.0 Å². The third-order valence-electron chi connectivity index (χ3n) is 5.46. The van der Waals surface area contributed by atoms with Gasteiger partial charge in [-0.3, -0.25) is 9.69 Å². The first-order valence-corrected chi connectivity index (χ1v) is 10.7. The summed E-state index contributed by atoms with van der Waals surface area (Å²) in [6.45, 7) is 3.26. The van der Waals surface area contributed by atoms with Crippen LogP contribution in [0.4, 0.5) is 4.79 Å². The summed E-state index contributed by atoms with van der Waals surface area (Å²) in [4.78, 5) is 38.8. The summed E-state index contributed by atoms with van der Waals surface area (Å²) < 4.78 is 22.0. The van der Waals surface area contributed by atoms with Gasteiger partial charge in [0.25, 0.3) is 0 Å². The van der Waals surface area contributed by atoms with Crippen molar-refractivity contribution < 1.29 is 33.3 Å². The number of nitrogens with zero attached hydrogens (tertiary/aromatic N) is 1. The third-order valence-corrected chi connectivity index (χ3v) is 5.46. The smallest absolute Gasteiger partial charge is 0.338 e. The molecule has 9 heteroatoms. The van der Waals surface area contributed by atoms with Gasteiger partial charge in [-0.25, -0.2) is 9.59 Å². The van der Waals surface area contributed by atoms with Crippen molar-refractivity contribution in [1.82, 2.24) is 10.2 Å². The normalized spacial score (nSPS) is 15.5. The molecule has 0 spiro atoms. The van der Waals surface area contributed by atoms with E-state index < -0.39 is 18.0 Å². The minimum Gasteiger partial charge on any atom is -0.497 e. The van der Waals surface area contributed by atoms with Crippen molar-refractivity contribution in [3.63, 3.8) is 0 Å². The number of ketones is 1. The zero-order valence-corrected chi connectivity index (χ0v) is 19.8. The number of amides is 2. The SMILES string of the molecule is CCOC(=O)C1=C(COc2ccc(C(C)=O)cc2)N(C)C(=O)N[C@H]1c1cc(OC)ccc1OC. The van der Waals surface area contributed by atoms with Crippen LogP contribution in [0, 0.1) is 0 Å². The Bertz CT molecular complexity index is 1110. The predicted octanol–water partition coefficient (Wildman–Crippen LogP) is 3.50. The Kier molecular flexibility index (Phi) is 7.78. The van der Waals surface area contributed by atoms with Crippen molar-refractivity contribution in [3.05, 3.63) is 64.9 Å². The van der Waals surface area contributed by atoms with E-state index in [0.717, 1.165) is 0 Å². The molecule has 0 aromatic heterocycles. The molecule has 34 heavy (non-hydrogen) atoms. The molecular formula is C25H28N2O7. The van der Waals surface area contributed by atoms with E-state index in [2.05, 4.69) is 5.32 Å². The van der Waals surface area contributed by atoms with Crippen molar-refractivity contribution in [3.8, 4) is 17.2 Å². The standard InChI is InChI=1S/C25H28N2O7/c1-6-33-24(29)22-20(14-34-17-9-7-16(8-10-17)15(2)28)27(3)25(30)26-23(22)19-13-18(31-4)11-12-21(19)32-5/h7-13,23H,6,14H2,1-5H3,(H,26,30)/t23-/m0/s1. The number of methoxy groups -OCH3 is 2. The second kappa shape index (κ2) is 10.7. The molecule has 0 saturated carbocycles. The summed E-state index contributed by atoms with van der Waals surface area (Å²) >= 11 is 0. The highest BCUT2D eigenvalue weighted by Gasteiger charge is 2.38. The average Bonchev–Trinajstić information content (AvgIpc) is 2.84. The topological polar surface area (TPSA) is 103 Å². The molecule has 2 amide bonds. The number of hydrogen-bond acceptors (Lipinski definition) is 7. The summed E-state index contributed by atoms with van der Waals surface area (Å²) in [7, 11) is 4.58. The van der Waals surface area contributed by atoms with Gasteiger partial charge in [-0.15, -0.1) is 0 Å². The summed E-state index contributed by atoms with van der Waals surface area (Å²) in [5, 5.41) is 2.85. The van der Waals surface area contributed by atoms with E-state index in [4.69, 9.17) is 18.9 Å². The zero-order valence-electron chi connectivity index (χ0n) is 19.8. The lowest BCUT2D eigenvalue weighted by Gasteiger charge is -2.35. The fourth-order valence-electron chi connectivity index (χ4n) is 3.62. The quantitative estimate of drug-likeness (QED) is 0.444. The van der Waals surface area contributed by atoms with E-state index in [-0.39, 0.29) is 24.6 Å². The van der Waals surface area contributed by atoms with Crippen molar-refractivity contribution in [2.24, 2.45) is 0 Å². The Labute approximate surface area is 198 Å². The molecule has 2 aromatic carbocycles. The maximum atomic E-state index is 13.1. The van der Waals surface area contributed by atoms with Crippen LogP contribution in [0.5, 0.6) is 17.2 Å². The number of rotatable bonds is 9. The third kappa shape index (κ3) is 5.14. The lowest BCUT2D eigenvalue weighted by Crippen LogP contribution is -2.48. The second-order valence-corrected chi connectivity index (χ2v) is 7.50. The Balaban J connectivity index is 2.06. The van der Waals surface area contributed by atoms with Crippen molar-refractivity contribution in [1.29, 1.82) is 0 Å². The van der Waals surface area contributed by atoms with Crippen LogP contribution in [0.15, 0.2) is 53.7 Å². The molecule has 0 unspecified atom stereocenters. The van der Waals surface area contributed by atoms with Crippen LogP contribution in [-0.4, -0.2) is 57.2 Å². The van der Waals surface area contributed by atoms with Gasteiger partial charge < -0.3 is 24.3 Å². The van der Waals surface area contributed by atoms with Gasteiger partial charge in [0.1, 0.15) is 23.9 Å². The molecule has 0 radical (unpaired) electrons. The van der Waals surface area contributed by atoms with Gasteiger partial charge in [-0.2, -0.15) is 0 Å². The second-order valence-electron chi connectivity index (χ2n) is 7.50. The highest BCUT2D eigenvalue weighted by molar-refractivity contribution is 5.95. The van der Waals surface area contributed by atoms with Crippen LogP contribution in [-0.2, 0) is 9.53 Å². The van der Waals surface area contributed by atoms with E-state index in [1.807, 2.05) is 0 Å². The zero-order chi connectivity index (χ0) is 24.8. The number of esters is 1. The Morgan fingerprint density at radius 3 is 2.29 bits per heavy atom. The Morgan fingerprint density at radius 2 is 1.71 bits per heavy atom. The van der Waals surface area contributed by atoms with Gasteiger partial charge in [0, 0.05) is 18.2 Å². The molecule has 1 heterocycles. The number of Topliss-reactive ketones (excluding diaryl/α,β-unsaturated/α-hetero) is 1. The van der Waals surface area contributed by atoms with Gasteiger partial charge in [-0.1, -0.05) is 0 Å². The van der Waals surface area contributed by atoms with Crippen LogP contribution in [0.25, 0.3) is 0 Å². The van der Waals surface area contributed by atoms with Crippen molar-refractivity contribution in [2.45, 2.75) is 19.9 Å². The van der Waals surface area contributed by atoms with Crippen LogP contribution in [0.2, 0.25) is 0 Å². The first-order chi connectivity index (χ1) is 16.3. The largest absolute Gasteiger partial charge is 0.497 e. The average molecular weight is 469 g/mol. The van der Waals surface area contributed by atoms with Crippen LogP contribution in [0.3, 0.4) is 0 Å². The summed E-state index contributed by atoms with van der Waals surface area (Å²) in [6.07, 6.45) is 0. The Hall–Kier alpha value is -4.01. The van der Waals surface area contributed by atoms with E-state index in [0.29, 0.717) is 34.1 Å². The number of benzene rings is 2. The highest BCUT2D eigenvalue weighted by atomic mass is 16.5. The molecule has 1 aliphatic rings. The molecule has 1 atom stereocenters. The number of urea groups is 1. The summed E-state index contributed by atoms with van der Waals surface area (Å²) in [5.74, 6) is 0.844. The van der Waals surface area contributed by atoms with Crippen LogP contribution >= 0.6 is 0 Å². The minimum absolute atomic E-state index is 0.0578. The maximum Gasteiger partial charge on any atom is 0.338 e. The lowest BCUT2D eigenvalue weighted by atomic mass is 9.93. The number of carbonyl (C=O) groups is 3. The molecule has 0 aliphatic carbocycles. The van der Waals surface area contributed by atoms with E-state index >= 15 is 0 Å². The first-order valence-electron chi connectivity index (χ1n) is 10.7. The monoisotopic (exact) mass is 468 g/mol. The van der Waals surface area contributed by atoms with Gasteiger partial charge in [0.2, 0.25) is 0 Å². The predicted molar refractivity (Wildman–Crippen MR) is 124 cm³/mol. The molecule has 2 aromatic rings. The molecule has 0 bridgehead atoms. The van der Waals surface area contributed by atoms with Crippen molar-refractivity contribution in [2.75, 3.05) is 34.5 Å². The molecule has 9 nitrogen and oxygen atoms in total. The number of carbonyl (C=O) groups excluding carboxylic acids is 3. The fourth-order valence-corrected chi connectivity index (χ4v) is 3.62. The van der Waals surface area contributed by atoms with E-state index in [1.54, 1.807) is 56.4 Å². The van der Waals surface area contributed by atoms with Crippen LogP contribution in [0.1, 0.15) is 35.8 Å². The highest BCUT2D eigenvalue weighted by Crippen LogP contribution is 2.37. The molecule has 3 rings (SSSR count). The summed E-state index contributed by atoms with van der Waals surface area (Å²) in [5.41, 5.74) is 1.65. The fraction of sp³-hybridized carbons (Fsp3) is 0.320. The van der Waals surface area contributed by atoms with Gasteiger partial charge in [0.15, 0.2) is 5.78 Å². The number of nitrogens with one attached hydrogen (secondary N) is 1. The molecule has 0 saturated heterocycles. The lowest BCUT2D eigenvalue weighted by molar-refractivity contribution is -0.139. The maximum absolute atomic E-state index is 13.1. The molecule has 0 fully saturated rings. The van der Waals surface area contributed by atoms with Crippen molar-refractivity contribution >= 4 is 17.8 Å². The molecule has 180 valence electrons. The Morgan fingerprint density at radius 1 is 1.03 bits per heavy atom.